The lowest BCUT2D eigenvalue weighted by molar-refractivity contribution is -0.122. The van der Waals surface area contributed by atoms with Crippen molar-refractivity contribution >= 4 is 12.0 Å². The molecule has 0 unspecified atom stereocenters. The second-order valence-corrected chi connectivity index (χ2v) is 7.35. The number of amides is 2. The number of hydrazine groups is 1. The molecule has 2 N–H and O–H groups in total. The van der Waals surface area contributed by atoms with E-state index in [1.54, 1.807) is 20.8 Å². The normalized spacial score (nSPS) is 11.0. The average molecular weight is 393 g/mol. The molecule has 8 nitrogen and oxygen atoms in total. The number of nitrogens with one attached hydrogen (secondary N) is 2. The Morgan fingerprint density at radius 1 is 0.931 bits per heavy atom. The molecule has 29 heavy (non-hydrogen) atoms. The molecule has 0 radical (unpaired) electrons. The maximum absolute atomic E-state index is 12.3. The van der Waals surface area contributed by atoms with Crippen molar-refractivity contribution in [2.24, 2.45) is 0 Å². The number of benzene rings is 2. The molecule has 0 atom stereocenters. The first-order chi connectivity index (χ1) is 13.8. The zero-order valence-corrected chi connectivity index (χ0v) is 16.5. The molecule has 0 bridgehead atoms. The Morgan fingerprint density at radius 3 is 2.10 bits per heavy atom. The highest BCUT2D eigenvalue weighted by Crippen LogP contribution is 2.29. The standard InChI is InChI=1S/C21H23N5O3/c1-21(2,3)29-20(28)24-22-17(27)14-26-19(16-12-8-5-9-13-16)18(23-25-26)15-10-6-4-7-11-15/h4-13H,14H2,1-3H3,(H,22,27)(H,24,28). The van der Waals surface area contributed by atoms with Crippen molar-refractivity contribution in [2.45, 2.75) is 32.9 Å². The quantitative estimate of drug-likeness (QED) is 0.664. The lowest BCUT2D eigenvalue weighted by atomic mass is 10.0. The SMILES string of the molecule is CC(C)(C)OC(=O)NNC(=O)Cn1nnc(-c2ccccc2)c1-c1ccccc1. The van der Waals surface area contributed by atoms with Gasteiger partial charge in [0.25, 0.3) is 5.91 Å². The molecule has 0 aliphatic rings. The molecule has 0 saturated carbocycles. The van der Waals surface area contributed by atoms with Gasteiger partial charge in [-0.2, -0.15) is 0 Å². The third-order valence-electron chi connectivity index (χ3n) is 3.83. The van der Waals surface area contributed by atoms with E-state index in [0.29, 0.717) is 11.4 Å². The summed E-state index contributed by atoms with van der Waals surface area (Å²) in [6, 6.07) is 19.2. The minimum Gasteiger partial charge on any atom is -0.443 e. The lowest BCUT2D eigenvalue weighted by Gasteiger charge is -2.19. The molecular weight excluding hydrogens is 370 g/mol. The van der Waals surface area contributed by atoms with Gasteiger partial charge in [-0.15, -0.1) is 5.10 Å². The van der Waals surface area contributed by atoms with Crippen LogP contribution in [0.25, 0.3) is 22.5 Å². The van der Waals surface area contributed by atoms with E-state index in [4.69, 9.17) is 4.74 Å². The number of hydrogen-bond acceptors (Lipinski definition) is 5. The zero-order chi connectivity index (χ0) is 20.9. The molecule has 3 rings (SSSR count). The molecule has 2 aromatic carbocycles. The fourth-order valence-electron chi connectivity index (χ4n) is 2.70. The summed E-state index contributed by atoms with van der Waals surface area (Å²) in [6.07, 6.45) is -0.738. The van der Waals surface area contributed by atoms with Gasteiger partial charge in [-0.1, -0.05) is 65.9 Å². The number of rotatable bonds is 4. The van der Waals surface area contributed by atoms with Gasteiger partial charge < -0.3 is 4.74 Å². The van der Waals surface area contributed by atoms with E-state index in [9.17, 15) is 9.59 Å². The topological polar surface area (TPSA) is 98.1 Å². The van der Waals surface area contributed by atoms with E-state index in [0.717, 1.165) is 11.1 Å². The van der Waals surface area contributed by atoms with Gasteiger partial charge in [-0.3, -0.25) is 10.2 Å². The largest absolute Gasteiger partial charge is 0.443 e. The second-order valence-electron chi connectivity index (χ2n) is 7.35. The van der Waals surface area contributed by atoms with Crippen molar-refractivity contribution in [3.8, 4) is 22.5 Å². The molecule has 2 amide bonds. The van der Waals surface area contributed by atoms with E-state index in [1.807, 2.05) is 60.7 Å². The summed E-state index contributed by atoms with van der Waals surface area (Å²) in [5, 5.41) is 8.44. The number of ether oxygens (including phenoxy) is 1. The molecule has 150 valence electrons. The third-order valence-corrected chi connectivity index (χ3v) is 3.83. The molecule has 0 spiro atoms. The fourth-order valence-corrected chi connectivity index (χ4v) is 2.70. The van der Waals surface area contributed by atoms with E-state index in [-0.39, 0.29) is 6.54 Å². The highest BCUT2D eigenvalue weighted by molar-refractivity contribution is 5.82. The van der Waals surface area contributed by atoms with Gasteiger partial charge in [0.15, 0.2) is 0 Å². The first-order valence-corrected chi connectivity index (χ1v) is 9.15. The van der Waals surface area contributed by atoms with E-state index >= 15 is 0 Å². The first-order valence-electron chi connectivity index (χ1n) is 9.15. The molecule has 1 heterocycles. The highest BCUT2D eigenvalue weighted by atomic mass is 16.6. The van der Waals surface area contributed by atoms with Crippen LogP contribution < -0.4 is 10.9 Å². The van der Waals surface area contributed by atoms with Crippen molar-refractivity contribution < 1.29 is 14.3 Å². The third kappa shape index (κ3) is 5.41. The predicted molar refractivity (Wildman–Crippen MR) is 108 cm³/mol. The second kappa shape index (κ2) is 8.55. The molecule has 8 heteroatoms. The van der Waals surface area contributed by atoms with Crippen LogP contribution in [-0.4, -0.2) is 32.6 Å². The number of aromatic nitrogens is 3. The number of carbonyl (C=O) groups excluding carboxylic acids is 2. The minimum absolute atomic E-state index is 0.125. The van der Waals surface area contributed by atoms with Gasteiger partial charge in [0.2, 0.25) is 0 Å². The summed E-state index contributed by atoms with van der Waals surface area (Å²) in [5.41, 5.74) is 7.06. The molecule has 0 saturated heterocycles. The maximum Gasteiger partial charge on any atom is 0.426 e. The van der Waals surface area contributed by atoms with E-state index in [1.165, 1.54) is 4.68 Å². The predicted octanol–water partition coefficient (Wildman–Crippen LogP) is 3.17. The summed E-state index contributed by atoms with van der Waals surface area (Å²) in [6.45, 7) is 5.09. The van der Waals surface area contributed by atoms with Gasteiger partial charge in [-0.05, 0) is 20.8 Å². The average Bonchev–Trinajstić information content (AvgIpc) is 3.10. The van der Waals surface area contributed by atoms with Gasteiger partial charge in [-0.25, -0.2) is 14.9 Å². The van der Waals surface area contributed by atoms with Crippen molar-refractivity contribution in [2.75, 3.05) is 0 Å². The van der Waals surface area contributed by atoms with Crippen LogP contribution in [0.3, 0.4) is 0 Å². The maximum atomic E-state index is 12.3. The van der Waals surface area contributed by atoms with Crippen LogP contribution in [0.4, 0.5) is 4.79 Å². The summed E-state index contributed by atoms with van der Waals surface area (Å²) in [4.78, 5) is 24.1. The monoisotopic (exact) mass is 393 g/mol. The Labute approximate surface area is 168 Å². The summed E-state index contributed by atoms with van der Waals surface area (Å²) in [7, 11) is 0. The van der Waals surface area contributed by atoms with Crippen LogP contribution in [0.15, 0.2) is 60.7 Å². The minimum atomic E-state index is -0.738. The van der Waals surface area contributed by atoms with Crippen molar-refractivity contribution in [3.63, 3.8) is 0 Å². The van der Waals surface area contributed by atoms with Crippen LogP contribution >= 0.6 is 0 Å². The smallest absolute Gasteiger partial charge is 0.426 e. The van der Waals surface area contributed by atoms with Crippen LogP contribution in [0.1, 0.15) is 20.8 Å². The van der Waals surface area contributed by atoms with Gasteiger partial charge in [0.1, 0.15) is 17.8 Å². The Balaban J connectivity index is 1.80. The van der Waals surface area contributed by atoms with Crippen LogP contribution in [0.5, 0.6) is 0 Å². The lowest BCUT2D eigenvalue weighted by Crippen LogP contribution is -2.45. The van der Waals surface area contributed by atoms with Crippen LogP contribution in [0.2, 0.25) is 0 Å². The molecular formula is C21H23N5O3. The molecule has 1 aromatic heterocycles. The number of nitrogens with zero attached hydrogens (tertiary/aromatic N) is 3. The fraction of sp³-hybridized carbons (Fsp3) is 0.238. The van der Waals surface area contributed by atoms with Gasteiger partial charge in [0.05, 0.1) is 5.69 Å². The molecule has 3 aromatic rings. The molecule has 0 aliphatic heterocycles. The number of carbonyl (C=O) groups is 2. The van der Waals surface area contributed by atoms with Crippen molar-refractivity contribution in [1.29, 1.82) is 0 Å². The van der Waals surface area contributed by atoms with Crippen LogP contribution in [0, 0.1) is 0 Å². The summed E-state index contributed by atoms with van der Waals surface area (Å²) < 4.78 is 6.60. The Morgan fingerprint density at radius 2 is 1.52 bits per heavy atom. The molecule has 0 aliphatic carbocycles. The van der Waals surface area contributed by atoms with E-state index in [2.05, 4.69) is 21.2 Å². The zero-order valence-electron chi connectivity index (χ0n) is 16.5. The van der Waals surface area contributed by atoms with Gasteiger partial charge >= 0.3 is 6.09 Å². The molecule has 0 fully saturated rings. The Hall–Kier alpha value is -3.68. The summed E-state index contributed by atoms with van der Waals surface area (Å²) >= 11 is 0. The van der Waals surface area contributed by atoms with Crippen LogP contribution in [-0.2, 0) is 16.1 Å². The van der Waals surface area contributed by atoms with Crippen molar-refractivity contribution in [3.05, 3.63) is 60.7 Å². The number of hydrogen-bond donors (Lipinski definition) is 2. The van der Waals surface area contributed by atoms with Crippen molar-refractivity contribution in [1.82, 2.24) is 25.8 Å². The highest BCUT2D eigenvalue weighted by Gasteiger charge is 2.20. The van der Waals surface area contributed by atoms with E-state index < -0.39 is 17.6 Å². The Bertz CT molecular complexity index is 979. The Kier molecular flexibility index (Phi) is 5.92. The summed E-state index contributed by atoms with van der Waals surface area (Å²) in [5.74, 6) is -0.461. The van der Waals surface area contributed by atoms with Gasteiger partial charge in [0, 0.05) is 11.1 Å². The first kappa shape index (κ1) is 20.1.